The van der Waals surface area contributed by atoms with Crippen LogP contribution in [0.25, 0.3) is 0 Å². The third-order valence-electron chi connectivity index (χ3n) is 3.57. The van der Waals surface area contributed by atoms with Crippen molar-refractivity contribution in [2.75, 3.05) is 6.61 Å². The van der Waals surface area contributed by atoms with Crippen LogP contribution in [0.5, 0.6) is 0 Å². The molecule has 0 aliphatic rings. The van der Waals surface area contributed by atoms with Crippen LogP contribution in [0.3, 0.4) is 0 Å². The van der Waals surface area contributed by atoms with Crippen LogP contribution in [0.4, 0.5) is 0 Å². The van der Waals surface area contributed by atoms with Gasteiger partial charge in [0.15, 0.2) is 0 Å². The maximum absolute atomic E-state index is 9.67. The number of hydrogen-bond donors (Lipinski definition) is 2. The maximum atomic E-state index is 9.67. The highest BCUT2D eigenvalue weighted by Crippen LogP contribution is 2.12. The second-order valence-electron chi connectivity index (χ2n) is 5.51. The molecule has 0 rings (SSSR count). The average Bonchev–Trinajstić information content (AvgIpc) is 2.41. The number of unbranched alkanes of at least 4 members (excludes halogenated alkanes) is 9. The van der Waals surface area contributed by atoms with Crippen molar-refractivity contribution in [1.82, 2.24) is 0 Å². The fourth-order valence-corrected chi connectivity index (χ4v) is 2.31. The third-order valence-corrected chi connectivity index (χ3v) is 3.57. The van der Waals surface area contributed by atoms with Crippen molar-refractivity contribution in [3.05, 3.63) is 12.2 Å². The first-order valence-corrected chi connectivity index (χ1v) is 8.25. The van der Waals surface area contributed by atoms with E-state index >= 15 is 0 Å². The van der Waals surface area contributed by atoms with Gasteiger partial charge in [0.2, 0.25) is 0 Å². The predicted octanol–water partition coefficient (Wildman–Crippen LogP) is 4.60. The zero-order chi connectivity index (χ0) is 14.2. The molecule has 0 aliphatic carbocycles. The van der Waals surface area contributed by atoms with Crippen LogP contribution in [-0.4, -0.2) is 22.9 Å². The number of hydrogen-bond acceptors (Lipinski definition) is 2. The van der Waals surface area contributed by atoms with Gasteiger partial charge in [-0.2, -0.15) is 0 Å². The van der Waals surface area contributed by atoms with Gasteiger partial charge in [-0.15, -0.1) is 0 Å². The van der Waals surface area contributed by atoms with Crippen LogP contribution in [0.2, 0.25) is 0 Å². The van der Waals surface area contributed by atoms with Gasteiger partial charge >= 0.3 is 0 Å². The molecule has 2 nitrogen and oxygen atoms in total. The molecular formula is C17H34O2. The van der Waals surface area contributed by atoms with Gasteiger partial charge in [-0.05, 0) is 12.8 Å². The molecule has 0 spiro atoms. The van der Waals surface area contributed by atoms with Gasteiger partial charge in [-0.1, -0.05) is 83.3 Å². The molecule has 0 radical (unpaired) electrons. The predicted molar refractivity (Wildman–Crippen MR) is 83.3 cm³/mol. The van der Waals surface area contributed by atoms with Crippen LogP contribution >= 0.6 is 0 Å². The van der Waals surface area contributed by atoms with Crippen molar-refractivity contribution < 1.29 is 10.2 Å². The quantitative estimate of drug-likeness (QED) is 0.358. The summed E-state index contributed by atoms with van der Waals surface area (Å²) < 4.78 is 0. The molecular weight excluding hydrogens is 236 g/mol. The van der Waals surface area contributed by atoms with Crippen molar-refractivity contribution in [3.63, 3.8) is 0 Å². The van der Waals surface area contributed by atoms with Crippen LogP contribution in [-0.2, 0) is 0 Å². The minimum atomic E-state index is -0.225. The summed E-state index contributed by atoms with van der Waals surface area (Å²) in [5.41, 5.74) is 0. The van der Waals surface area contributed by atoms with Crippen molar-refractivity contribution >= 4 is 0 Å². The van der Waals surface area contributed by atoms with E-state index in [1.165, 1.54) is 57.8 Å². The Morgan fingerprint density at radius 3 is 1.84 bits per heavy atom. The van der Waals surface area contributed by atoms with Gasteiger partial charge < -0.3 is 10.2 Å². The lowest BCUT2D eigenvalue weighted by Gasteiger charge is -2.07. The van der Waals surface area contributed by atoms with E-state index in [9.17, 15) is 5.11 Å². The van der Waals surface area contributed by atoms with Crippen LogP contribution in [0.15, 0.2) is 12.2 Å². The molecule has 19 heavy (non-hydrogen) atoms. The van der Waals surface area contributed by atoms with Gasteiger partial charge in [0.25, 0.3) is 0 Å². The van der Waals surface area contributed by atoms with E-state index in [2.05, 4.69) is 6.92 Å². The van der Waals surface area contributed by atoms with Gasteiger partial charge in [-0.3, -0.25) is 0 Å². The highest BCUT2D eigenvalue weighted by atomic mass is 16.3. The van der Waals surface area contributed by atoms with Crippen molar-refractivity contribution in [2.24, 2.45) is 0 Å². The maximum Gasteiger partial charge on any atom is 0.0612 e. The molecule has 0 amide bonds. The molecule has 0 aliphatic heterocycles. The molecule has 0 fully saturated rings. The highest BCUT2D eigenvalue weighted by molar-refractivity contribution is 4.83. The summed E-state index contributed by atoms with van der Waals surface area (Å²) >= 11 is 0. The average molecular weight is 270 g/mol. The first-order chi connectivity index (χ1) is 9.31. The summed E-state index contributed by atoms with van der Waals surface area (Å²) in [4.78, 5) is 0. The minimum Gasteiger partial charge on any atom is -0.393 e. The topological polar surface area (TPSA) is 40.5 Å². The molecule has 0 saturated heterocycles. The van der Waals surface area contributed by atoms with Crippen LogP contribution < -0.4 is 0 Å². The molecule has 0 aromatic heterocycles. The Morgan fingerprint density at radius 2 is 1.32 bits per heavy atom. The van der Waals surface area contributed by atoms with Crippen molar-refractivity contribution in [2.45, 2.75) is 90.1 Å². The number of rotatable bonds is 14. The summed E-state index contributed by atoms with van der Waals surface area (Å²) in [7, 11) is 0. The molecule has 0 bridgehead atoms. The smallest absolute Gasteiger partial charge is 0.0612 e. The Balaban J connectivity index is 3.11. The molecule has 2 N–H and O–H groups in total. The summed E-state index contributed by atoms with van der Waals surface area (Å²) in [6.07, 6.45) is 18.3. The molecule has 1 atom stereocenters. The number of aliphatic hydroxyl groups is 2. The fraction of sp³-hybridized carbons (Fsp3) is 0.882. The standard InChI is InChI=1S/C17H34O2/c1-2-3-4-5-6-7-8-9-10-11-14-17(19)15-12-13-16-18/h12-13,17-19H,2-11,14-16H2,1H3/b13-12+. The Labute approximate surface area is 119 Å². The molecule has 2 heteroatoms. The summed E-state index contributed by atoms with van der Waals surface area (Å²) in [6.45, 7) is 2.33. The van der Waals surface area contributed by atoms with E-state index in [-0.39, 0.29) is 12.7 Å². The lowest BCUT2D eigenvalue weighted by Crippen LogP contribution is -2.04. The molecule has 0 saturated carbocycles. The summed E-state index contributed by atoms with van der Waals surface area (Å²) in [6, 6.07) is 0. The monoisotopic (exact) mass is 270 g/mol. The lowest BCUT2D eigenvalue weighted by molar-refractivity contribution is 0.163. The molecule has 1 unspecified atom stereocenters. The van der Waals surface area contributed by atoms with Crippen LogP contribution in [0.1, 0.15) is 84.0 Å². The molecule has 0 aromatic rings. The second-order valence-corrected chi connectivity index (χ2v) is 5.51. The molecule has 0 heterocycles. The minimum absolute atomic E-state index is 0.0744. The third kappa shape index (κ3) is 15.6. The Kier molecular flexibility index (Phi) is 15.4. The number of aliphatic hydroxyl groups excluding tert-OH is 2. The zero-order valence-corrected chi connectivity index (χ0v) is 12.8. The van der Waals surface area contributed by atoms with Crippen LogP contribution in [0, 0.1) is 0 Å². The Morgan fingerprint density at radius 1 is 0.789 bits per heavy atom. The SMILES string of the molecule is CCCCCCCCCCCCC(O)C/C=C/CO. The lowest BCUT2D eigenvalue weighted by atomic mass is 10.0. The fourth-order valence-electron chi connectivity index (χ4n) is 2.31. The van der Waals surface area contributed by atoms with E-state index in [0.717, 1.165) is 12.8 Å². The molecule has 0 aromatic carbocycles. The normalized spacial score (nSPS) is 13.2. The van der Waals surface area contributed by atoms with E-state index in [0.29, 0.717) is 6.42 Å². The van der Waals surface area contributed by atoms with Gasteiger partial charge in [0.1, 0.15) is 0 Å². The first kappa shape index (κ1) is 18.7. The summed E-state index contributed by atoms with van der Waals surface area (Å²) in [5.74, 6) is 0. The highest BCUT2D eigenvalue weighted by Gasteiger charge is 2.01. The van der Waals surface area contributed by atoms with E-state index in [4.69, 9.17) is 5.11 Å². The Hall–Kier alpha value is -0.340. The largest absolute Gasteiger partial charge is 0.393 e. The Bertz CT molecular complexity index is 190. The first-order valence-electron chi connectivity index (χ1n) is 8.25. The summed E-state index contributed by atoms with van der Waals surface area (Å²) in [5, 5.41) is 18.2. The second kappa shape index (κ2) is 15.7. The van der Waals surface area contributed by atoms with E-state index < -0.39 is 0 Å². The van der Waals surface area contributed by atoms with E-state index in [1.807, 2.05) is 6.08 Å². The zero-order valence-electron chi connectivity index (χ0n) is 12.8. The van der Waals surface area contributed by atoms with Crippen molar-refractivity contribution in [3.8, 4) is 0 Å². The van der Waals surface area contributed by atoms with Gasteiger partial charge in [0.05, 0.1) is 12.7 Å². The van der Waals surface area contributed by atoms with Crippen molar-refractivity contribution in [1.29, 1.82) is 0 Å². The van der Waals surface area contributed by atoms with Gasteiger partial charge in [0, 0.05) is 0 Å². The van der Waals surface area contributed by atoms with Gasteiger partial charge in [-0.25, -0.2) is 0 Å². The molecule has 114 valence electrons. The van der Waals surface area contributed by atoms with E-state index in [1.54, 1.807) is 6.08 Å².